The lowest BCUT2D eigenvalue weighted by atomic mass is 9.87. The Morgan fingerprint density at radius 3 is 1.96 bits per heavy atom. The number of hydrogen-bond acceptors (Lipinski definition) is 3. The van der Waals surface area contributed by atoms with Crippen molar-refractivity contribution in [1.82, 2.24) is 0 Å². The fourth-order valence-corrected chi connectivity index (χ4v) is 3.20. The summed E-state index contributed by atoms with van der Waals surface area (Å²) in [7, 11) is -4.18. The Labute approximate surface area is 148 Å². The summed E-state index contributed by atoms with van der Waals surface area (Å²) in [5.41, 5.74) is 3.29. The molecule has 0 saturated carbocycles. The minimum absolute atomic E-state index is 0.0986. The van der Waals surface area contributed by atoms with Crippen LogP contribution in [-0.2, 0) is 15.5 Å². The molecule has 0 aromatic heterocycles. The molecule has 25 heavy (non-hydrogen) atoms. The number of hydrogen-bond donors (Lipinski definition) is 2. The molecule has 4 nitrogen and oxygen atoms in total. The van der Waals surface area contributed by atoms with Crippen LogP contribution in [0.25, 0.3) is 10.8 Å². The first-order valence-electron chi connectivity index (χ1n) is 8.02. The van der Waals surface area contributed by atoms with Crippen LogP contribution in [0.5, 0.6) is 0 Å². The molecule has 0 aliphatic rings. The molecule has 2 N–H and O–H groups in total. The zero-order chi connectivity index (χ0) is 18.2. The zero-order valence-corrected chi connectivity index (χ0v) is 15.3. The van der Waals surface area contributed by atoms with Crippen molar-refractivity contribution in [2.75, 3.05) is 5.32 Å². The van der Waals surface area contributed by atoms with Crippen molar-refractivity contribution < 1.29 is 13.0 Å². The monoisotopic (exact) mass is 355 g/mol. The van der Waals surface area contributed by atoms with E-state index in [-0.39, 0.29) is 10.3 Å². The van der Waals surface area contributed by atoms with E-state index in [0.29, 0.717) is 0 Å². The molecule has 130 valence electrons. The van der Waals surface area contributed by atoms with Gasteiger partial charge in [-0.1, -0.05) is 45.0 Å². The molecular weight excluding hydrogens is 334 g/mol. The Hall–Kier alpha value is -2.37. The molecule has 0 aliphatic heterocycles. The van der Waals surface area contributed by atoms with E-state index in [1.54, 1.807) is 6.07 Å². The van der Waals surface area contributed by atoms with Gasteiger partial charge in [0.25, 0.3) is 10.1 Å². The summed E-state index contributed by atoms with van der Waals surface area (Å²) in [5, 5.41) is 5.00. The highest BCUT2D eigenvalue weighted by Gasteiger charge is 2.13. The normalized spacial score (nSPS) is 12.3. The number of benzene rings is 3. The third-order valence-electron chi connectivity index (χ3n) is 4.15. The van der Waals surface area contributed by atoms with Crippen molar-refractivity contribution >= 4 is 32.3 Å². The van der Waals surface area contributed by atoms with Crippen LogP contribution in [0.15, 0.2) is 65.6 Å². The quantitative estimate of drug-likeness (QED) is 0.639. The van der Waals surface area contributed by atoms with Gasteiger partial charge in [0.1, 0.15) is 0 Å². The minimum Gasteiger partial charge on any atom is -0.356 e. The first-order valence-corrected chi connectivity index (χ1v) is 9.46. The van der Waals surface area contributed by atoms with E-state index in [1.807, 2.05) is 30.3 Å². The Balaban J connectivity index is 1.87. The van der Waals surface area contributed by atoms with Crippen LogP contribution in [0.4, 0.5) is 11.4 Å². The van der Waals surface area contributed by atoms with Gasteiger partial charge in [0.2, 0.25) is 0 Å². The molecule has 0 unspecified atom stereocenters. The summed E-state index contributed by atoms with van der Waals surface area (Å²) in [6.45, 7) is 6.54. The van der Waals surface area contributed by atoms with E-state index in [1.165, 1.54) is 17.7 Å². The maximum absolute atomic E-state index is 11.2. The third kappa shape index (κ3) is 4.00. The van der Waals surface area contributed by atoms with Crippen molar-refractivity contribution in [3.05, 3.63) is 66.2 Å². The van der Waals surface area contributed by atoms with Crippen molar-refractivity contribution in [2.24, 2.45) is 0 Å². The molecule has 0 atom stereocenters. The summed E-state index contributed by atoms with van der Waals surface area (Å²) in [6.07, 6.45) is 0. The van der Waals surface area contributed by atoms with Gasteiger partial charge in [-0.2, -0.15) is 8.42 Å². The average Bonchev–Trinajstić information content (AvgIpc) is 2.53. The van der Waals surface area contributed by atoms with Gasteiger partial charge >= 0.3 is 0 Å². The van der Waals surface area contributed by atoms with E-state index in [9.17, 15) is 8.42 Å². The molecule has 0 fully saturated rings. The summed E-state index contributed by atoms with van der Waals surface area (Å²) in [6, 6.07) is 18.5. The molecule has 5 heteroatoms. The summed E-state index contributed by atoms with van der Waals surface area (Å²) >= 11 is 0. The Morgan fingerprint density at radius 2 is 1.36 bits per heavy atom. The Bertz CT molecular complexity index is 1020. The molecule has 0 aliphatic carbocycles. The van der Waals surface area contributed by atoms with E-state index >= 15 is 0 Å². The van der Waals surface area contributed by atoms with Crippen LogP contribution in [-0.4, -0.2) is 13.0 Å². The van der Waals surface area contributed by atoms with Gasteiger partial charge in [-0.25, -0.2) is 0 Å². The molecule has 0 radical (unpaired) electrons. The fraction of sp³-hybridized carbons (Fsp3) is 0.200. The smallest absolute Gasteiger partial charge is 0.294 e. The minimum atomic E-state index is -4.18. The molecule has 0 saturated heterocycles. The maximum Gasteiger partial charge on any atom is 0.294 e. The lowest BCUT2D eigenvalue weighted by Gasteiger charge is -2.19. The highest BCUT2D eigenvalue weighted by Crippen LogP contribution is 2.27. The van der Waals surface area contributed by atoms with Crippen molar-refractivity contribution in [2.45, 2.75) is 31.1 Å². The van der Waals surface area contributed by atoms with Gasteiger partial charge in [0.05, 0.1) is 4.90 Å². The third-order valence-corrected chi connectivity index (χ3v) is 5.00. The van der Waals surface area contributed by atoms with Gasteiger partial charge in [0, 0.05) is 11.4 Å². The van der Waals surface area contributed by atoms with E-state index in [0.717, 1.165) is 22.1 Å². The highest BCUT2D eigenvalue weighted by molar-refractivity contribution is 7.85. The Morgan fingerprint density at radius 1 is 0.800 bits per heavy atom. The molecule has 0 bridgehead atoms. The summed E-state index contributed by atoms with van der Waals surface area (Å²) < 4.78 is 31.6. The zero-order valence-electron chi connectivity index (χ0n) is 14.4. The molecule has 3 rings (SSSR count). The molecular formula is C20H21NO3S. The first-order chi connectivity index (χ1) is 11.6. The SMILES string of the molecule is CC(C)(C)c1ccc(Nc2ccc3cc(S(=O)(=O)O)ccc3c2)cc1. The van der Waals surface area contributed by atoms with Gasteiger partial charge in [-0.05, 0) is 58.1 Å². The molecule has 3 aromatic rings. The van der Waals surface area contributed by atoms with Gasteiger partial charge < -0.3 is 5.32 Å². The predicted octanol–water partition coefficient (Wildman–Crippen LogP) is 5.13. The lowest BCUT2D eigenvalue weighted by Crippen LogP contribution is -2.10. The average molecular weight is 355 g/mol. The summed E-state index contributed by atoms with van der Waals surface area (Å²) in [4.78, 5) is -0.0986. The molecule has 0 heterocycles. The second-order valence-corrected chi connectivity index (χ2v) is 8.57. The van der Waals surface area contributed by atoms with Crippen LogP contribution in [0.2, 0.25) is 0 Å². The second-order valence-electron chi connectivity index (χ2n) is 7.15. The van der Waals surface area contributed by atoms with Crippen molar-refractivity contribution in [3.8, 4) is 0 Å². The van der Waals surface area contributed by atoms with Gasteiger partial charge in [-0.3, -0.25) is 4.55 Å². The molecule has 0 amide bonds. The lowest BCUT2D eigenvalue weighted by molar-refractivity contribution is 0.483. The topological polar surface area (TPSA) is 66.4 Å². The van der Waals surface area contributed by atoms with E-state index in [4.69, 9.17) is 4.55 Å². The first kappa shape index (κ1) is 17.5. The number of anilines is 2. The molecule has 0 spiro atoms. The highest BCUT2D eigenvalue weighted by atomic mass is 32.2. The van der Waals surface area contributed by atoms with Crippen LogP contribution in [0.3, 0.4) is 0 Å². The van der Waals surface area contributed by atoms with Crippen LogP contribution < -0.4 is 5.32 Å². The van der Waals surface area contributed by atoms with E-state index < -0.39 is 10.1 Å². The van der Waals surface area contributed by atoms with Gasteiger partial charge in [-0.15, -0.1) is 0 Å². The fourth-order valence-electron chi connectivity index (χ4n) is 2.68. The predicted molar refractivity (Wildman–Crippen MR) is 102 cm³/mol. The van der Waals surface area contributed by atoms with Crippen LogP contribution in [0.1, 0.15) is 26.3 Å². The second kappa shape index (κ2) is 6.17. The van der Waals surface area contributed by atoms with Crippen LogP contribution >= 0.6 is 0 Å². The summed E-state index contributed by atoms with van der Waals surface area (Å²) in [5.74, 6) is 0. The van der Waals surface area contributed by atoms with Crippen LogP contribution in [0, 0.1) is 0 Å². The number of rotatable bonds is 3. The van der Waals surface area contributed by atoms with Crippen molar-refractivity contribution in [1.29, 1.82) is 0 Å². The number of fused-ring (bicyclic) bond motifs is 1. The number of nitrogens with one attached hydrogen (secondary N) is 1. The van der Waals surface area contributed by atoms with Crippen molar-refractivity contribution in [3.63, 3.8) is 0 Å². The maximum atomic E-state index is 11.2. The standard InChI is InChI=1S/C20H21NO3S/c1-20(2,3)16-6-9-17(10-7-16)21-18-8-4-15-13-19(25(22,23)24)11-5-14(15)12-18/h4-13,21H,1-3H3,(H,22,23,24). The molecule has 3 aromatic carbocycles. The van der Waals surface area contributed by atoms with E-state index in [2.05, 4.69) is 38.2 Å². The largest absolute Gasteiger partial charge is 0.356 e. The Kier molecular flexibility index (Phi) is 4.31. The van der Waals surface area contributed by atoms with Gasteiger partial charge in [0.15, 0.2) is 0 Å².